The van der Waals surface area contributed by atoms with Gasteiger partial charge in [0, 0.05) is 12.6 Å². The van der Waals surface area contributed by atoms with Crippen LogP contribution in [-0.4, -0.2) is 12.6 Å². The molecule has 1 nitrogen and oxygen atoms in total. The number of unbranched alkanes of at least 4 members (excludes halogenated alkanes) is 1. The van der Waals surface area contributed by atoms with E-state index in [2.05, 4.69) is 12.2 Å². The summed E-state index contributed by atoms with van der Waals surface area (Å²) in [5, 5.41) is 4.14. The Bertz CT molecular complexity index is 48.1. The molecule has 1 radical (unpaired) electrons. The van der Waals surface area contributed by atoms with Crippen LogP contribution >= 0.6 is 0 Å². The molecule has 1 heteroatoms. The van der Waals surface area contributed by atoms with Crippen LogP contribution in [0.15, 0.2) is 0 Å². The quantitative estimate of drug-likeness (QED) is 0.470. The molecule has 1 unspecified atom stereocenters. The predicted molar refractivity (Wildman–Crippen MR) is 30.3 cm³/mol. The summed E-state index contributed by atoms with van der Waals surface area (Å²) in [5.41, 5.74) is 0. The highest BCUT2D eigenvalue weighted by Gasteiger charge is 2.20. The molecule has 0 aromatic heterocycles. The van der Waals surface area contributed by atoms with Gasteiger partial charge in [-0.2, -0.15) is 0 Å². The molecule has 1 aliphatic rings. The Morgan fingerprint density at radius 2 is 2.43 bits per heavy atom. The fourth-order valence-electron chi connectivity index (χ4n) is 0.697. The maximum absolute atomic E-state index is 4.14. The van der Waals surface area contributed by atoms with Crippen LogP contribution in [0.1, 0.15) is 26.2 Å². The van der Waals surface area contributed by atoms with Gasteiger partial charge in [-0.15, -0.1) is 0 Å². The van der Waals surface area contributed by atoms with E-state index in [1.807, 2.05) is 0 Å². The first-order valence-electron chi connectivity index (χ1n) is 3.10. The topological polar surface area (TPSA) is 14.1 Å². The molecule has 1 fully saturated rings. The Morgan fingerprint density at radius 1 is 1.71 bits per heavy atom. The zero-order valence-electron chi connectivity index (χ0n) is 4.85. The van der Waals surface area contributed by atoms with Gasteiger partial charge in [-0.25, -0.2) is 5.32 Å². The lowest BCUT2D eigenvalue weighted by atomic mass is 10.2. The van der Waals surface area contributed by atoms with Crippen LogP contribution < -0.4 is 5.32 Å². The molecule has 0 aromatic rings. The van der Waals surface area contributed by atoms with Gasteiger partial charge in [0.15, 0.2) is 0 Å². The van der Waals surface area contributed by atoms with Crippen LogP contribution in [-0.2, 0) is 0 Å². The summed E-state index contributed by atoms with van der Waals surface area (Å²) in [4.78, 5) is 0. The summed E-state index contributed by atoms with van der Waals surface area (Å²) in [6.45, 7) is 3.38. The van der Waals surface area contributed by atoms with Crippen LogP contribution in [0.3, 0.4) is 0 Å². The van der Waals surface area contributed by atoms with E-state index in [-0.39, 0.29) is 0 Å². The molecule has 1 atom stereocenters. The van der Waals surface area contributed by atoms with Gasteiger partial charge in [0.25, 0.3) is 0 Å². The summed E-state index contributed by atoms with van der Waals surface area (Å²) in [6, 6.07) is 0.778. The summed E-state index contributed by atoms with van der Waals surface area (Å²) in [5.74, 6) is 0. The van der Waals surface area contributed by atoms with Crippen molar-refractivity contribution in [1.29, 1.82) is 0 Å². The predicted octanol–water partition coefficient (Wildman–Crippen LogP) is 1.16. The minimum atomic E-state index is 0.778. The molecule has 1 heterocycles. The van der Waals surface area contributed by atoms with E-state index in [0.717, 1.165) is 12.6 Å². The van der Waals surface area contributed by atoms with Crippen molar-refractivity contribution in [2.75, 3.05) is 6.54 Å². The lowest BCUT2D eigenvalue weighted by molar-refractivity contribution is 0.705. The largest absolute Gasteiger partial charge is 0.235 e. The maximum atomic E-state index is 4.14. The van der Waals surface area contributed by atoms with Crippen molar-refractivity contribution in [1.82, 2.24) is 5.32 Å². The Morgan fingerprint density at radius 3 is 2.86 bits per heavy atom. The van der Waals surface area contributed by atoms with E-state index in [1.54, 1.807) is 0 Å². The molecule has 1 saturated heterocycles. The smallest absolute Gasteiger partial charge is 0.0388 e. The Hall–Kier alpha value is -0.0400. The second-order valence-electron chi connectivity index (χ2n) is 2.16. The maximum Gasteiger partial charge on any atom is 0.0388 e. The zero-order chi connectivity index (χ0) is 5.11. The molecule has 41 valence electrons. The fraction of sp³-hybridized carbons (Fsp3) is 1.00. The van der Waals surface area contributed by atoms with Gasteiger partial charge < -0.3 is 0 Å². The first kappa shape index (κ1) is 5.10. The van der Waals surface area contributed by atoms with Gasteiger partial charge in [-0.05, 0) is 6.42 Å². The molecule has 0 spiro atoms. The zero-order valence-corrected chi connectivity index (χ0v) is 4.85. The number of hydrogen-bond donors (Lipinski definition) is 0. The molecule has 7 heavy (non-hydrogen) atoms. The third-order valence-corrected chi connectivity index (χ3v) is 1.33. The lowest BCUT2D eigenvalue weighted by Crippen LogP contribution is -1.84. The summed E-state index contributed by atoms with van der Waals surface area (Å²) < 4.78 is 0. The molecular formula is C6H12N. The first-order chi connectivity index (χ1) is 3.43. The SMILES string of the molecule is CCCCC1C[N]1. The van der Waals surface area contributed by atoms with E-state index in [9.17, 15) is 0 Å². The van der Waals surface area contributed by atoms with E-state index in [4.69, 9.17) is 0 Å². The van der Waals surface area contributed by atoms with Crippen molar-refractivity contribution >= 4 is 0 Å². The summed E-state index contributed by atoms with van der Waals surface area (Å²) >= 11 is 0. The highest BCUT2D eigenvalue weighted by molar-refractivity contribution is 4.81. The van der Waals surface area contributed by atoms with Crippen molar-refractivity contribution in [2.24, 2.45) is 0 Å². The third-order valence-electron chi connectivity index (χ3n) is 1.33. The molecule has 1 aliphatic heterocycles. The molecule has 0 aromatic carbocycles. The van der Waals surface area contributed by atoms with E-state index >= 15 is 0 Å². The fourth-order valence-corrected chi connectivity index (χ4v) is 0.697. The van der Waals surface area contributed by atoms with Crippen LogP contribution in [0.4, 0.5) is 0 Å². The van der Waals surface area contributed by atoms with Crippen LogP contribution in [0, 0.1) is 0 Å². The molecule has 1 rings (SSSR count). The molecule has 0 N–H and O–H groups in total. The lowest BCUT2D eigenvalue weighted by Gasteiger charge is -1.87. The highest BCUT2D eigenvalue weighted by Crippen LogP contribution is 2.09. The Kier molecular flexibility index (Phi) is 1.69. The Labute approximate surface area is 45.1 Å². The normalized spacial score (nSPS) is 27.9. The average Bonchev–Trinajstić information content (AvgIpc) is 2.42. The van der Waals surface area contributed by atoms with Crippen molar-refractivity contribution < 1.29 is 0 Å². The molecular weight excluding hydrogens is 86.1 g/mol. The van der Waals surface area contributed by atoms with Gasteiger partial charge in [-0.1, -0.05) is 19.8 Å². The van der Waals surface area contributed by atoms with Crippen LogP contribution in [0.25, 0.3) is 0 Å². The third kappa shape index (κ3) is 1.93. The van der Waals surface area contributed by atoms with Gasteiger partial charge in [0.2, 0.25) is 0 Å². The number of rotatable bonds is 3. The van der Waals surface area contributed by atoms with Crippen molar-refractivity contribution in [2.45, 2.75) is 32.2 Å². The van der Waals surface area contributed by atoms with E-state index in [0.29, 0.717) is 0 Å². The Balaban J connectivity index is 1.80. The molecule has 0 bridgehead atoms. The van der Waals surface area contributed by atoms with Gasteiger partial charge in [0.1, 0.15) is 0 Å². The number of hydrogen-bond acceptors (Lipinski definition) is 0. The van der Waals surface area contributed by atoms with Gasteiger partial charge in [0.05, 0.1) is 0 Å². The average molecular weight is 98.2 g/mol. The second-order valence-corrected chi connectivity index (χ2v) is 2.16. The van der Waals surface area contributed by atoms with Crippen molar-refractivity contribution in [3.63, 3.8) is 0 Å². The first-order valence-corrected chi connectivity index (χ1v) is 3.10. The second kappa shape index (κ2) is 2.31. The monoisotopic (exact) mass is 98.1 g/mol. The standard InChI is InChI=1S/C6H12N/c1-2-3-4-6-5-7-6/h6H,2-5H2,1H3. The van der Waals surface area contributed by atoms with Crippen molar-refractivity contribution in [3.8, 4) is 0 Å². The molecule has 0 saturated carbocycles. The van der Waals surface area contributed by atoms with Crippen LogP contribution in [0.2, 0.25) is 0 Å². The summed E-state index contributed by atoms with van der Waals surface area (Å²) in [6.07, 6.45) is 4.04. The van der Waals surface area contributed by atoms with Gasteiger partial charge in [-0.3, -0.25) is 0 Å². The van der Waals surface area contributed by atoms with Crippen LogP contribution in [0.5, 0.6) is 0 Å². The molecule has 0 aliphatic carbocycles. The highest BCUT2D eigenvalue weighted by atomic mass is 15.1. The van der Waals surface area contributed by atoms with E-state index in [1.165, 1.54) is 19.3 Å². The minimum Gasteiger partial charge on any atom is -0.235 e. The number of nitrogens with zero attached hydrogens (tertiary/aromatic N) is 1. The van der Waals surface area contributed by atoms with Crippen molar-refractivity contribution in [3.05, 3.63) is 0 Å². The molecule has 0 amide bonds. The summed E-state index contributed by atoms with van der Waals surface area (Å²) in [7, 11) is 0. The van der Waals surface area contributed by atoms with Gasteiger partial charge >= 0.3 is 0 Å². The minimum absolute atomic E-state index is 0.778. The van der Waals surface area contributed by atoms with E-state index < -0.39 is 0 Å².